The number of carbonyl (C=O) groups is 2. The summed E-state index contributed by atoms with van der Waals surface area (Å²) in [4.78, 5) is 28.2. The van der Waals surface area contributed by atoms with E-state index in [0.29, 0.717) is 15.8 Å². The Bertz CT molecular complexity index is 1080. The van der Waals surface area contributed by atoms with Gasteiger partial charge in [-0.3, -0.25) is 4.79 Å². The Balaban J connectivity index is 1.40. The minimum atomic E-state index is -0.746. The van der Waals surface area contributed by atoms with Gasteiger partial charge >= 0.3 is 5.97 Å². The molecule has 4 rings (SSSR count). The number of fused-ring (bicyclic) bond motifs is 1. The zero-order valence-electron chi connectivity index (χ0n) is 17.2. The smallest absolute Gasteiger partial charge is 0.328 e. The van der Waals surface area contributed by atoms with E-state index in [2.05, 4.69) is 27.2 Å². The van der Waals surface area contributed by atoms with Crippen LogP contribution in [0.3, 0.4) is 0 Å². The summed E-state index contributed by atoms with van der Waals surface area (Å²) in [6, 6.07) is 15.1. The second kappa shape index (κ2) is 9.18. The molecule has 1 aliphatic heterocycles. The Labute approximate surface area is 184 Å². The highest BCUT2D eigenvalue weighted by Gasteiger charge is 2.22. The SMILES string of the molecule is COC(=O)[C@@H](C)NC(=O)c1cnc(Oc2ccc3c(c2)CC[C@@H](c2ccccc2)O3)s1. The molecule has 2 atom stereocenters. The van der Waals surface area contributed by atoms with E-state index < -0.39 is 17.9 Å². The van der Waals surface area contributed by atoms with Crippen LogP contribution in [-0.4, -0.2) is 30.0 Å². The third kappa shape index (κ3) is 4.86. The number of thiazole rings is 1. The van der Waals surface area contributed by atoms with Crippen LogP contribution in [0.5, 0.6) is 16.7 Å². The van der Waals surface area contributed by atoms with E-state index in [9.17, 15) is 9.59 Å². The highest BCUT2D eigenvalue weighted by molar-refractivity contribution is 7.15. The lowest BCUT2D eigenvalue weighted by molar-refractivity contribution is -0.142. The van der Waals surface area contributed by atoms with E-state index in [0.717, 1.165) is 35.5 Å². The summed E-state index contributed by atoms with van der Waals surface area (Å²) in [5.74, 6) is 0.560. The second-order valence-corrected chi connectivity index (χ2v) is 8.13. The predicted molar refractivity (Wildman–Crippen MR) is 116 cm³/mol. The largest absolute Gasteiger partial charge is 0.485 e. The third-order valence-corrected chi connectivity index (χ3v) is 5.84. The molecule has 31 heavy (non-hydrogen) atoms. The number of rotatable bonds is 6. The number of esters is 1. The quantitative estimate of drug-likeness (QED) is 0.578. The maximum absolute atomic E-state index is 12.3. The number of nitrogens with one attached hydrogen (secondary N) is 1. The lowest BCUT2D eigenvalue weighted by Gasteiger charge is -2.26. The number of nitrogens with zero attached hydrogens (tertiary/aromatic N) is 1. The molecule has 1 N–H and O–H groups in total. The molecule has 8 heteroatoms. The molecule has 1 aliphatic rings. The molecule has 0 spiro atoms. The van der Waals surface area contributed by atoms with Crippen LogP contribution in [0.1, 0.15) is 40.2 Å². The van der Waals surface area contributed by atoms with Crippen molar-refractivity contribution >= 4 is 23.2 Å². The lowest BCUT2D eigenvalue weighted by atomic mass is 9.97. The van der Waals surface area contributed by atoms with Crippen LogP contribution in [-0.2, 0) is 16.0 Å². The first-order chi connectivity index (χ1) is 15.0. The monoisotopic (exact) mass is 438 g/mol. The van der Waals surface area contributed by atoms with Crippen LogP contribution in [0.2, 0.25) is 0 Å². The first kappa shape index (κ1) is 20.9. The molecule has 0 unspecified atom stereocenters. The number of benzene rings is 2. The maximum Gasteiger partial charge on any atom is 0.328 e. The van der Waals surface area contributed by atoms with Crippen LogP contribution in [0, 0.1) is 0 Å². The summed E-state index contributed by atoms with van der Waals surface area (Å²) >= 11 is 1.10. The van der Waals surface area contributed by atoms with Gasteiger partial charge < -0.3 is 19.5 Å². The van der Waals surface area contributed by atoms with Gasteiger partial charge in [-0.2, -0.15) is 0 Å². The van der Waals surface area contributed by atoms with Gasteiger partial charge in [-0.25, -0.2) is 9.78 Å². The molecule has 0 fully saturated rings. The van der Waals surface area contributed by atoms with E-state index in [1.807, 2.05) is 36.4 Å². The van der Waals surface area contributed by atoms with E-state index in [1.165, 1.54) is 18.9 Å². The number of amides is 1. The fourth-order valence-electron chi connectivity index (χ4n) is 3.35. The minimum absolute atomic E-state index is 0.0490. The molecule has 1 aromatic heterocycles. The standard InChI is InChI=1S/C23H22N2O5S/c1-14(22(27)28-2)25-21(26)20-13-24-23(31-20)29-17-9-11-19-16(12-17)8-10-18(30-19)15-6-4-3-5-7-15/h3-7,9,11-14,18H,8,10H2,1-2H3,(H,25,26)/t14-,18+/m1/s1. The van der Waals surface area contributed by atoms with Gasteiger partial charge in [0.2, 0.25) is 0 Å². The first-order valence-corrected chi connectivity index (χ1v) is 10.7. The average Bonchev–Trinajstić information content (AvgIpc) is 3.27. The van der Waals surface area contributed by atoms with Gasteiger partial charge in [-0.05, 0) is 49.1 Å². The molecule has 0 saturated carbocycles. The van der Waals surface area contributed by atoms with Crippen LogP contribution >= 0.6 is 11.3 Å². The van der Waals surface area contributed by atoms with Crippen molar-refractivity contribution in [2.75, 3.05) is 7.11 Å². The zero-order chi connectivity index (χ0) is 21.8. The van der Waals surface area contributed by atoms with Crippen molar-refractivity contribution in [3.8, 4) is 16.7 Å². The van der Waals surface area contributed by atoms with Gasteiger partial charge in [0, 0.05) is 0 Å². The summed E-state index contributed by atoms with van der Waals surface area (Å²) in [7, 11) is 1.27. The number of carbonyl (C=O) groups excluding carboxylic acids is 2. The van der Waals surface area contributed by atoms with Gasteiger partial charge in [0.15, 0.2) is 0 Å². The molecule has 3 aromatic rings. The Morgan fingerprint density at radius 2 is 2.03 bits per heavy atom. The topological polar surface area (TPSA) is 86.8 Å². The average molecular weight is 439 g/mol. The summed E-state index contributed by atoms with van der Waals surface area (Å²) in [6.45, 7) is 1.56. The predicted octanol–water partition coefficient (Wildman–Crippen LogP) is 4.29. The number of hydrogen-bond acceptors (Lipinski definition) is 7. The normalized spacial score (nSPS) is 15.9. The second-order valence-electron chi connectivity index (χ2n) is 7.14. The molecule has 2 aromatic carbocycles. The van der Waals surface area contributed by atoms with Gasteiger partial charge in [0.1, 0.15) is 28.5 Å². The number of aromatic nitrogens is 1. The summed E-state index contributed by atoms with van der Waals surface area (Å²) < 4.78 is 16.6. The molecule has 7 nitrogen and oxygen atoms in total. The first-order valence-electron chi connectivity index (χ1n) is 9.90. The van der Waals surface area contributed by atoms with Crippen molar-refractivity contribution in [3.05, 3.63) is 70.7 Å². The molecule has 0 aliphatic carbocycles. The molecule has 1 amide bonds. The lowest BCUT2D eigenvalue weighted by Crippen LogP contribution is -2.38. The minimum Gasteiger partial charge on any atom is -0.485 e. The molecule has 0 radical (unpaired) electrons. The van der Waals surface area contributed by atoms with Crippen molar-refractivity contribution in [2.24, 2.45) is 0 Å². The number of ether oxygens (including phenoxy) is 3. The fraction of sp³-hybridized carbons (Fsp3) is 0.261. The van der Waals surface area contributed by atoms with Gasteiger partial charge in [0.05, 0.1) is 13.3 Å². The van der Waals surface area contributed by atoms with Crippen LogP contribution in [0.15, 0.2) is 54.7 Å². The number of methoxy groups -OCH3 is 1. The van der Waals surface area contributed by atoms with E-state index in [-0.39, 0.29) is 6.10 Å². The molecule has 0 saturated heterocycles. The molecular weight excluding hydrogens is 416 g/mol. The highest BCUT2D eigenvalue weighted by Crippen LogP contribution is 2.38. The molecule has 2 heterocycles. The fourth-order valence-corrected chi connectivity index (χ4v) is 4.03. The Morgan fingerprint density at radius 1 is 1.23 bits per heavy atom. The summed E-state index contributed by atoms with van der Waals surface area (Å²) in [6.07, 6.45) is 3.24. The van der Waals surface area contributed by atoms with Gasteiger partial charge in [-0.1, -0.05) is 41.7 Å². The van der Waals surface area contributed by atoms with Crippen molar-refractivity contribution in [3.63, 3.8) is 0 Å². The zero-order valence-corrected chi connectivity index (χ0v) is 18.0. The van der Waals surface area contributed by atoms with Crippen LogP contribution < -0.4 is 14.8 Å². The van der Waals surface area contributed by atoms with E-state index >= 15 is 0 Å². The van der Waals surface area contributed by atoms with E-state index in [1.54, 1.807) is 6.92 Å². The molecular formula is C23H22N2O5S. The third-order valence-electron chi connectivity index (χ3n) is 4.96. The number of hydrogen-bond donors (Lipinski definition) is 1. The summed E-state index contributed by atoms with van der Waals surface area (Å²) in [5.41, 5.74) is 2.25. The number of aryl methyl sites for hydroxylation is 1. The van der Waals surface area contributed by atoms with Crippen LogP contribution in [0.4, 0.5) is 0 Å². The Kier molecular flexibility index (Phi) is 6.18. The Morgan fingerprint density at radius 3 is 2.81 bits per heavy atom. The van der Waals surface area contributed by atoms with Gasteiger partial charge in [0.25, 0.3) is 11.1 Å². The van der Waals surface area contributed by atoms with E-state index in [4.69, 9.17) is 9.47 Å². The summed E-state index contributed by atoms with van der Waals surface area (Å²) in [5, 5.41) is 2.91. The van der Waals surface area contributed by atoms with Crippen LogP contribution in [0.25, 0.3) is 0 Å². The van der Waals surface area contributed by atoms with Crippen molar-refractivity contribution in [1.82, 2.24) is 10.3 Å². The Hall–Kier alpha value is -3.39. The van der Waals surface area contributed by atoms with Crippen molar-refractivity contribution < 1.29 is 23.8 Å². The van der Waals surface area contributed by atoms with Gasteiger partial charge in [-0.15, -0.1) is 0 Å². The maximum atomic E-state index is 12.3. The molecule has 0 bridgehead atoms. The van der Waals surface area contributed by atoms with Crippen molar-refractivity contribution in [2.45, 2.75) is 31.9 Å². The van der Waals surface area contributed by atoms with Crippen molar-refractivity contribution in [1.29, 1.82) is 0 Å². The highest BCUT2D eigenvalue weighted by atomic mass is 32.1. The molecule has 160 valence electrons.